The molecule has 1 heterocycles. The van der Waals surface area contributed by atoms with Gasteiger partial charge in [-0.2, -0.15) is 5.10 Å². The van der Waals surface area contributed by atoms with E-state index in [9.17, 15) is 9.59 Å². The summed E-state index contributed by atoms with van der Waals surface area (Å²) in [6.07, 6.45) is 3.77. The molecule has 1 aromatic rings. The van der Waals surface area contributed by atoms with Crippen molar-refractivity contribution in [3.05, 3.63) is 18.0 Å². The topological polar surface area (TPSA) is 95.1 Å². The van der Waals surface area contributed by atoms with Gasteiger partial charge in [-0.15, -0.1) is 0 Å². The fraction of sp³-hybridized carbons (Fsp3) is 0.545. The summed E-state index contributed by atoms with van der Waals surface area (Å²) >= 11 is 0. The first kappa shape index (κ1) is 11.6. The van der Waals surface area contributed by atoms with E-state index in [4.69, 9.17) is 5.11 Å². The van der Waals surface area contributed by atoms with Gasteiger partial charge in [-0.05, 0) is 25.3 Å². The van der Waals surface area contributed by atoms with Crippen LogP contribution in [0.4, 0.5) is 0 Å². The van der Waals surface area contributed by atoms with Crippen LogP contribution in [0, 0.1) is 5.92 Å². The number of aliphatic carboxylic acids is 1. The monoisotopic (exact) mass is 237 g/mol. The summed E-state index contributed by atoms with van der Waals surface area (Å²) in [5.41, 5.74) is 0.760. The van der Waals surface area contributed by atoms with Gasteiger partial charge in [-0.1, -0.05) is 0 Å². The molecule has 0 aromatic carbocycles. The molecule has 0 aliphatic heterocycles. The normalized spacial score (nSPS) is 23.5. The zero-order valence-corrected chi connectivity index (χ0v) is 9.35. The number of carboxylic acid groups (broad SMARTS) is 1. The smallest absolute Gasteiger partial charge is 0.306 e. The molecule has 1 fully saturated rings. The number of aromatic nitrogens is 2. The third kappa shape index (κ3) is 3.05. The van der Waals surface area contributed by atoms with E-state index in [-0.39, 0.29) is 24.3 Å². The van der Waals surface area contributed by atoms with Crippen LogP contribution in [0.2, 0.25) is 0 Å². The molecule has 0 radical (unpaired) electrons. The van der Waals surface area contributed by atoms with Crippen molar-refractivity contribution >= 4 is 11.9 Å². The predicted octanol–water partition coefficient (Wildman–Crippen LogP) is 0.322. The summed E-state index contributed by atoms with van der Waals surface area (Å²) in [5.74, 6) is -1.17. The summed E-state index contributed by atoms with van der Waals surface area (Å²) in [6.45, 7) is 0. The molecule has 2 atom stereocenters. The van der Waals surface area contributed by atoms with Crippen molar-refractivity contribution in [2.45, 2.75) is 31.7 Å². The number of carbonyl (C=O) groups excluding carboxylic acids is 1. The van der Waals surface area contributed by atoms with Gasteiger partial charge in [0, 0.05) is 17.9 Å². The van der Waals surface area contributed by atoms with E-state index in [0.717, 1.165) is 12.1 Å². The third-order valence-electron chi connectivity index (χ3n) is 3.06. The van der Waals surface area contributed by atoms with E-state index in [1.165, 1.54) is 0 Å². The molecule has 0 bridgehead atoms. The molecule has 92 valence electrons. The van der Waals surface area contributed by atoms with Gasteiger partial charge >= 0.3 is 5.97 Å². The lowest BCUT2D eigenvalue weighted by Gasteiger charge is -2.11. The van der Waals surface area contributed by atoms with E-state index in [0.29, 0.717) is 12.8 Å². The minimum absolute atomic E-state index is 0.00785. The van der Waals surface area contributed by atoms with Crippen molar-refractivity contribution in [2.24, 2.45) is 5.92 Å². The van der Waals surface area contributed by atoms with Crippen LogP contribution in [-0.2, 0) is 16.0 Å². The number of nitrogens with one attached hydrogen (secondary N) is 2. The maximum atomic E-state index is 11.6. The molecule has 0 saturated heterocycles. The Bertz CT molecular complexity index is 402. The third-order valence-corrected chi connectivity index (χ3v) is 3.06. The molecule has 1 saturated carbocycles. The van der Waals surface area contributed by atoms with Crippen LogP contribution in [0.5, 0.6) is 0 Å². The molecule has 1 aromatic heterocycles. The Kier molecular flexibility index (Phi) is 3.41. The minimum Gasteiger partial charge on any atom is -0.481 e. The minimum atomic E-state index is -0.768. The van der Waals surface area contributed by atoms with Gasteiger partial charge in [-0.25, -0.2) is 0 Å². The molecular weight excluding hydrogens is 222 g/mol. The first-order valence-corrected chi connectivity index (χ1v) is 5.65. The lowest BCUT2D eigenvalue weighted by atomic mass is 10.1. The van der Waals surface area contributed by atoms with Crippen LogP contribution in [-0.4, -0.2) is 33.2 Å². The molecule has 17 heavy (non-hydrogen) atoms. The number of amides is 1. The highest BCUT2D eigenvalue weighted by Crippen LogP contribution is 2.25. The van der Waals surface area contributed by atoms with Crippen molar-refractivity contribution in [1.82, 2.24) is 15.5 Å². The maximum Gasteiger partial charge on any atom is 0.306 e. The number of rotatable bonds is 4. The molecule has 3 N–H and O–H groups in total. The number of carbonyl (C=O) groups is 2. The molecule has 6 nitrogen and oxygen atoms in total. The van der Waals surface area contributed by atoms with E-state index < -0.39 is 5.97 Å². The lowest BCUT2D eigenvalue weighted by Crippen LogP contribution is -2.34. The number of H-pyrrole nitrogens is 1. The predicted molar refractivity (Wildman–Crippen MR) is 59.2 cm³/mol. The summed E-state index contributed by atoms with van der Waals surface area (Å²) in [5, 5.41) is 18.2. The van der Waals surface area contributed by atoms with Gasteiger partial charge in [0.15, 0.2) is 0 Å². The number of nitrogens with zero attached hydrogens (tertiary/aromatic N) is 1. The highest BCUT2D eigenvalue weighted by atomic mass is 16.4. The molecule has 1 aliphatic carbocycles. The Morgan fingerprint density at radius 1 is 1.53 bits per heavy atom. The van der Waals surface area contributed by atoms with Gasteiger partial charge in [-0.3, -0.25) is 14.7 Å². The highest BCUT2D eigenvalue weighted by molar-refractivity contribution is 5.78. The lowest BCUT2D eigenvalue weighted by molar-refractivity contribution is -0.141. The van der Waals surface area contributed by atoms with Gasteiger partial charge in [0.05, 0.1) is 12.3 Å². The first-order valence-electron chi connectivity index (χ1n) is 5.65. The second-order valence-corrected chi connectivity index (χ2v) is 4.37. The molecule has 1 amide bonds. The van der Waals surface area contributed by atoms with E-state index in [2.05, 4.69) is 15.5 Å². The van der Waals surface area contributed by atoms with Gasteiger partial charge in [0.25, 0.3) is 0 Å². The van der Waals surface area contributed by atoms with Crippen molar-refractivity contribution in [3.8, 4) is 0 Å². The van der Waals surface area contributed by atoms with Crippen molar-refractivity contribution in [2.75, 3.05) is 0 Å². The van der Waals surface area contributed by atoms with Crippen molar-refractivity contribution in [3.63, 3.8) is 0 Å². The summed E-state index contributed by atoms with van der Waals surface area (Å²) in [7, 11) is 0. The van der Waals surface area contributed by atoms with Crippen molar-refractivity contribution in [1.29, 1.82) is 0 Å². The average molecular weight is 237 g/mol. The highest BCUT2D eigenvalue weighted by Gasteiger charge is 2.30. The quantitative estimate of drug-likeness (QED) is 0.702. The van der Waals surface area contributed by atoms with Crippen LogP contribution in [0.3, 0.4) is 0 Å². The number of hydrogen-bond donors (Lipinski definition) is 3. The first-order chi connectivity index (χ1) is 8.15. The van der Waals surface area contributed by atoms with Crippen LogP contribution in [0.25, 0.3) is 0 Å². The van der Waals surface area contributed by atoms with Gasteiger partial charge < -0.3 is 10.4 Å². The Hall–Kier alpha value is -1.85. The van der Waals surface area contributed by atoms with E-state index >= 15 is 0 Å². The van der Waals surface area contributed by atoms with Crippen LogP contribution < -0.4 is 5.32 Å². The largest absolute Gasteiger partial charge is 0.481 e. The SMILES string of the molecule is O=C(Cc1ccn[nH]1)NC1CCC(C(=O)O)C1. The average Bonchev–Trinajstić information content (AvgIpc) is 2.88. The fourth-order valence-electron chi connectivity index (χ4n) is 2.17. The van der Waals surface area contributed by atoms with Gasteiger partial charge in [0.2, 0.25) is 5.91 Å². The van der Waals surface area contributed by atoms with Gasteiger partial charge in [0.1, 0.15) is 0 Å². The summed E-state index contributed by atoms with van der Waals surface area (Å²) in [6, 6.07) is 1.74. The standard InChI is InChI=1S/C11H15N3O3/c15-10(6-9-3-4-12-14-9)13-8-2-1-7(5-8)11(16)17/h3-4,7-8H,1-2,5-6H2,(H,12,14)(H,13,15)(H,16,17). The number of aromatic amines is 1. The van der Waals surface area contributed by atoms with Crippen LogP contribution >= 0.6 is 0 Å². The Balaban J connectivity index is 1.78. The van der Waals surface area contributed by atoms with Crippen LogP contribution in [0.1, 0.15) is 25.0 Å². The number of carboxylic acids is 1. The molecule has 0 spiro atoms. The zero-order valence-electron chi connectivity index (χ0n) is 9.35. The summed E-state index contributed by atoms with van der Waals surface area (Å²) in [4.78, 5) is 22.4. The fourth-order valence-corrected chi connectivity index (χ4v) is 2.17. The Morgan fingerprint density at radius 3 is 2.94 bits per heavy atom. The van der Waals surface area contributed by atoms with E-state index in [1.54, 1.807) is 12.3 Å². The zero-order chi connectivity index (χ0) is 12.3. The molecule has 2 rings (SSSR count). The molecule has 2 unspecified atom stereocenters. The maximum absolute atomic E-state index is 11.6. The second-order valence-electron chi connectivity index (χ2n) is 4.37. The van der Waals surface area contributed by atoms with E-state index in [1.807, 2.05) is 0 Å². The second kappa shape index (κ2) is 4.99. The Labute approximate surface area is 98.4 Å². The molecule has 6 heteroatoms. The number of hydrogen-bond acceptors (Lipinski definition) is 3. The Morgan fingerprint density at radius 2 is 2.35 bits per heavy atom. The van der Waals surface area contributed by atoms with Crippen molar-refractivity contribution < 1.29 is 14.7 Å². The molecular formula is C11H15N3O3. The molecule has 1 aliphatic rings. The summed E-state index contributed by atoms with van der Waals surface area (Å²) < 4.78 is 0. The van der Waals surface area contributed by atoms with Crippen LogP contribution in [0.15, 0.2) is 12.3 Å².